The average Bonchev–Trinajstić information content (AvgIpc) is 2.65. The molecule has 0 amide bonds. The van der Waals surface area contributed by atoms with Crippen LogP contribution in [0.5, 0.6) is 0 Å². The Kier molecular flexibility index (Phi) is 7.48. The molecule has 1 aromatic carbocycles. The Labute approximate surface area is 180 Å². The summed E-state index contributed by atoms with van der Waals surface area (Å²) in [6, 6.07) is 6.99. The van der Waals surface area contributed by atoms with Crippen molar-refractivity contribution in [2.45, 2.75) is 52.0 Å². The molecule has 7 heteroatoms. The van der Waals surface area contributed by atoms with Crippen LogP contribution in [0.25, 0.3) is 0 Å². The summed E-state index contributed by atoms with van der Waals surface area (Å²) in [5, 5.41) is 4.77. The number of rotatable bonds is 5. The number of nitrogens with one attached hydrogen (secondary N) is 1. The van der Waals surface area contributed by atoms with E-state index in [1.165, 1.54) is 48.9 Å². The van der Waals surface area contributed by atoms with E-state index in [-0.39, 0.29) is 0 Å². The molecule has 0 aromatic heterocycles. The highest BCUT2D eigenvalue weighted by Crippen LogP contribution is 2.25. The summed E-state index contributed by atoms with van der Waals surface area (Å²) in [5.41, 5.74) is 3.68. The van der Waals surface area contributed by atoms with Gasteiger partial charge in [0.1, 0.15) is 6.61 Å². The van der Waals surface area contributed by atoms with Gasteiger partial charge in [-0.3, -0.25) is 4.90 Å². The molecular formula is C21H32N4OS2. The molecule has 5 nitrogen and oxygen atoms in total. The van der Waals surface area contributed by atoms with Crippen molar-refractivity contribution in [2.75, 3.05) is 38.4 Å². The van der Waals surface area contributed by atoms with Crippen LogP contribution in [0, 0.1) is 13.8 Å². The Bertz CT molecular complexity index is 706. The first-order valence-electron chi connectivity index (χ1n) is 10.2. The van der Waals surface area contributed by atoms with Crippen LogP contribution >= 0.6 is 24.4 Å². The van der Waals surface area contributed by atoms with Crippen molar-refractivity contribution in [3.05, 3.63) is 29.3 Å². The predicted octanol–water partition coefficient (Wildman–Crippen LogP) is 3.78. The van der Waals surface area contributed by atoms with Gasteiger partial charge in [-0.15, -0.1) is 0 Å². The van der Waals surface area contributed by atoms with Crippen LogP contribution in [-0.2, 0) is 4.74 Å². The fraction of sp³-hybridized carbons (Fsp3) is 0.619. The van der Waals surface area contributed by atoms with E-state index < -0.39 is 0 Å². The maximum Gasteiger partial charge on any atom is 0.256 e. The van der Waals surface area contributed by atoms with Gasteiger partial charge < -0.3 is 19.9 Å². The highest BCUT2D eigenvalue weighted by molar-refractivity contribution is 7.80. The molecule has 0 atom stereocenters. The van der Waals surface area contributed by atoms with E-state index in [0.29, 0.717) is 17.8 Å². The Hall–Kier alpha value is -1.44. The van der Waals surface area contributed by atoms with Crippen molar-refractivity contribution in [3.63, 3.8) is 0 Å². The number of thiocarbonyl (C=S) groups is 2. The second-order valence-corrected chi connectivity index (χ2v) is 8.73. The third kappa shape index (κ3) is 5.55. The van der Waals surface area contributed by atoms with Crippen LogP contribution in [0.4, 0.5) is 5.69 Å². The number of ether oxygens (including phenoxy) is 1. The number of anilines is 1. The Morgan fingerprint density at radius 2 is 1.93 bits per heavy atom. The van der Waals surface area contributed by atoms with Gasteiger partial charge in [0.2, 0.25) is 0 Å². The van der Waals surface area contributed by atoms with Crippen LogP contribution in [0.15, 0.2) is 18.2 Å². The molecule has 1 aliphatic heterocycles. The number of nitrogens with zero attached hydrogens (tertiary/aromatic N) is 3. The smallest absolute Gasteiger partial charge is 0.256 e. The summed E-state index contributed by atoms with van der Waals surface area (Å²) in [7, 11) is 2.04. The van der Waals surface area contributed by atoms with Gasteiger partial charge in [0.25, 0.3) is 5.17 Å². The van der Waals surface area contributed by atoms with Gasteiger partial charge in [-0.1, -0.05) is 37.0 Å². The van der Waals surface area contributed by atoms with Gasteiger partial charge >= 0.3 is 0 Å². The van der Waals surface area contributed by atoms with Crippen LogP contribution < -0.4 is 10.2 Å². The van der Waals surface area contributed by atoms with Crippen LogP contribution in [0.1, 0.15) is 43.2 Å². The highest BCUT2D eigenvalue weighted by Gasteiger charge is 2.27. The third-order valence-electron chi connectivity index (χ3n) is 5.52. The van der Waals surface area contributed by atoms with Crippen LogP contribution in [-0.4, -0.2) is 59.7 Å². The van der Waals surface area contributed by atoms with E-state index in [1.807, 2.05) is 7.05 Å². The molecule has 154 valence electrons. The van der Waals surface area contributed by atoms with Gasteiger partial charge in [0, 0.05) is 25.3 Å². The molecule has 2 fully saturated rings. The maximum atomic E-state index is 5.80. The molecule has 2 aliphatic rings. The van der Waals surface area contributed by atoms with Crippen molar-refractivity contribution >= 4 is 40.4 Å². The van der Waals surface area contributed by atoms with Crippen molar-refractivity contribution in [2.24, 2.45) is 0 Å². The minimum atomic E-state index is 0.486. The van der Waals surface area contributed by atoms with Gasteiger partial charge in [-0.05, 0) is 62.8 Å². The van der Waals surface area contributed by atoms with Crippen molar-refractivity contribution in [3.8, 4) is 0 Å². The van der Waals surface area contributed by atoms with E-state index in [0.717, 1.165) is 25.0 Å². The molecule has 0 unspecified atom stereocenters. The van der Waals surface area contributed by atoms with E-state index in [2.05, 4.69) is 52.1 Å². The van der Waals surface area contributed by atoms with Crippen molar-refractivity contribution in [1.82, 2.24) is 15.1 Å². The SMILES string of the molecule is Cc1ccc(N2CN(CCOC(=S)NC3CCCCC3)CN(C)C2=S)c(C)c1. The molecule has 1 aromatic rings. The van der Waals surface area contributed by atoms with Gasteiger partial charge in [-0.25, -0.2) is 0 Å². The minimum Gasteiger partial charge on any atom is -0.470 e. The largest absolute Gasteiger partial charge is 0.470 e. The third-order valence-corrected chi connectivity index (χ3v) is 6.29. The Balaban J connectivity index is 1.51. The first-order chi connectivity index (χ1) is 13.4. The lowest BCUT2D eigenvalue weighted by molar-refractivity contribution is 0.149. The summed E-state index contributed by atoms with van der Waals surface area (Å²) in [6.07, 6.45) is 6.31. The molecule has 1 heterocycles. The average molecular weight is 421 g/mol. The molecule has 0 radical (unpaired) electrons. The molecule has 1 aliphatic carbocycles. The highest BCUT2D eigenvalue weighted by atomic mass is 32.1. The zero-order valence-corrected chi connectivity index (χ0v) is 18.9. The fourth-order valence-corrected chi connectivity index (χ4v) is 4.49. The predicted molar refractivity (Wildman–Crippen MR) is 124 cm³/mol. The summed E-state index contributed by atoms with van der Waals surface area (Å²) in [4.78, 5) is 6.64. The van der Waals surface area contributed by atoms with E-state index in [4.69, 9.17) is 29.2 Å². The summed E-state index contributed by atoms with van der Waals surface area (Å²) in [5.74, 6) is 0. The summed E-state index contributed by atoms with van der Waals surface area (Å²) < 4.78 is 5.80. The van der Waals surface area contributed by atoms with Gasteiger partial charge in [0.15, 0.2) is 5.11 Å². The van der Waals surface area contributed by atoms with Crippen LogP contribution in [0.3, 0.4) is 0 Å². The molecular weight excluding hydrogens is 388 g/mol. The standard InChI is InChI=1S/C21H32N4OS2/c1-16-9-10-19(17(2)13-16)25-15-24(14-23(3)21(25)28)11-12-26-20(27)22-18-7-5-4-6-8-18/h9-10,13,18H,4-8,11-12,14-15H2,1-3H3,(H,22,27). The van der Waals surface area contributed by atoms with Crippen molar-refractivity contribution in [1.29, 1.82) is 0 Å². The van der Waals surface area contributed by atoms with E-state index >= 15 is 0 Å². The number of hydrogen-bond acceptors (Lipinski definition) is 4. The second kappa shape index (κ2) is 9.85. The molecule has 0 spiro atoms. The molecule has 0 bridgehead atoms. The molecule has 28 heavy (non-hydrogen) atoms. The van der Waals surface area contributed by atoms with E-state index in [9.17, 15) is 0 Å². The Morgan fingerprint density at radius 3 is 2.64 bits per heavy atom. The lowest BCUT2D eigenvalue weighted by Gasteiger charge is -2.43. The fourth-order valence-electron chi connectivity index (χ4n) is 4.02. The first kappa shape index (κ1) is 21.3. The molecule has 1 saturated carbocycles. The summed E-state index contributed by atoms with van der Waals surface area (Å²) in [6.45, 7) is 7.21. The van der Waals surface area contributed by atoms with Gasteiger partial charge in [0.05, 0.1) is 13.3 Å². The zero-order valence-electron chi connectivity index (χ0n) is 17.2. The minimum absolute atomic E-state index is 0.486. The van der Waals surface area contributed by atoms with Gasteiger partial charge in [-0.2, -0.15) is 0 Å². The first-order valence-corrected chi connectivity index (χ1v) is 11.0. The molecule has 1 saturated heterocycles. The molecule has 3 rings (SSSR count). The van der Waals surface area contributed by atoms with Crippen LogP contribution in [0.2, 0.25) is 0 Å². The number of benzene rings is 1. The lowest BCUT2D eigenvalue weighted by atomic mass is 9.96. The van der Waals surface area contributed by atoms with E-state index in [1.54, 1.807) is 0 Å². The monoisotopic (exact) mass is 420 g/mol. The zero-order chi connectivity index (χ0) is 20.1. The summed E-state index contributed by atoms with van der Waals surface area (Å²) >= 11 is 11.1. The molecule has 1 N–H and O–H groups in total. The topological polar surface area (TPSA) is 31.0 Å². The van der Waals surface area contributed by atoms with Crippen molar-refractivity contribution < 1.29 is 4.74 Å². The maximum absolute atomic E-state index is 5.80. The normalized spacial score (nSPS) is 19.0. The second-order valence-electron chi connectivity index (χ2n) is 7.99. The lowest BCUT2D eigenvalue weighted by Crippen LogP contribution is -2.57. The quantitative estimate of drug-likeness (QED) is 0.726. The Morgan fingerprint density at radius 1 is 1.18 bits per heavy atom. The number of hydrogen-bond donors (Lipinski definition) is 1. The number of aryl methyl sites for hydroxylation is 2.